The highest BCUT2D eigenvalue weighted by molar-refractivity contribution is 9.10. The van der Waals surface area contributed by atoms with E-state index in [9.17, 15) is 14.7 Å². The second-order valence-electron chi connectivity index (χ2n) is 6.76. The average molecular weight is 457 g/mol. The van der Waals surface area contributed by atoms with Gasteiger partial charge >= 0.3 is 0 Å². The quantitative estimate of drug-likeness (QED) is 0.544. The Bertz CT molecular complexity index is 759. The minimum Gasteiger partial charge on any atom is -0.395 e. The van der Waals surface area contributed by atoms with Crippen LogP contribution >= 0.6 is 39.9 Å². The van der Waals surface area contributed by atoms with Crippen LogP contribution in [-0.4, -0.2) is 56.3 Å². The molecule has 1 aromatic carbocycles. The predicted molar refractivity (Wildman–Crippen MR) is 113 cm³/mol. The van der Waals surface area contributed by atoms with Gasteiger partial charge in [-0.05, 0) is 44.5 Å². The van der Waals surface area contributed by atoms with Crippen LogP contribution in [0.2, 0.25) is 0 Å². The number of carbonyl (C=O) groups excluding carboxylic acids is 2. The molecule has 1 aliphatic heterocycles. The van der Waals surface area contributed by atoms with Crippen molar-refractivity contribution in [3.63, 3.8) is 0 Å². The number of thiocarbonyl (C=S) groups is 1. The minimum absolute atomic E-state index is 0.127. The summed E-state index contributed by atoms with van der Waals surface area (Å²) in [7, 11) is 0. The third kappa shape index (κ3) is 5.16. The van der Waals surface area contributed by atoms with Gasteiger partial charge in [0, 0.05) is 16.6 Å². The highest BCUT2D eigenvalue weighted by atomic mass is 79.9. The van der Waals surface area contributed by atoms with Crippen molar-refractivity contribution in [2.75, 3.05) is 19.7 Å². The van der Waals surface area contributed by atoms with E-state index < -0.39 is 5.54 Å². The van der Waals surface area contributed by atoms with Crippen molar-refractivity contribution in [2.45, 2.75) is 26.3 Å². The Labute approximate surface area is 171 Å². The molecular weight excluding hydrogens is 436 g/mol. The van der Waals surface area contributed by atoms with E-state index in [0.717, 1.165) is 10.0 Å². The number of halogens is 1. The van der Waals surface area contributed by atoms with Crippen molar-refractivity contribution in [3.8, 4) is 0 Å². The van der Waals surface area contributed by atoms with Crippen LogP contribution in [0, 0.1) is 0 Å². The maximum absolute atomic E-state index is 12.7. The molecule has 140 valence electrons. The summed E-state index contributed by atoms with van der Waals surface area (Å²) in [5.74, 6) is -0.516. The molecule has 0 spiro atoms. The van der Waals surface area contributed by atoms with Crippen LogP contribution in [0.4, 0.5) is 0 Å². The molecule has 0 bridgehead atoms. The number of nitrogens with zero attached hydrogens (tertiary/aromatic N) is 2. The molecule has 0 aliphatic carbocycles. The maximum atomic E-state index is 12.7. The van der Waals surface area contributed by atoms with Crippen LogP contribution in [0.1, 0.15) is 26.3 Å². The van der Waals surface area contributed by atoms with E-state index in [1.54, 1.807) is 11.0 Å². The summed E-state index contributed by atoms with van der Waals surface area (Å²) in [5.41, 5.74) is 0.426. The van der Waals surface area contributed by atoms with Crippen molar-refractivity contribution in [1.29, 1.82) is 0 Å². The van der Waals surface area contributed by atoms with Crippen molar-refractivity contribution >= 4 is 62.1 Å². The smallest absolute Gasteiger partial charge is 0.266 e. The largest absolute Gasteiger partial charge is 0.395 e. The number of rotatable bonds is 5. The number of thioether (sulfide) groups is 1. The van der Waals surface area contributed by atoms with E-state index in [4.69, 9.17) is 12.2 Å². The van der Waals surface area contributed by atoms with Crippen molar-refractivity contribution in [1.82, 2.24) is 9.80 Å². The van der Waals surface area contributed by atoms with Crippen LogP contribution in [0.25, 0.3) is 6.08 Å². The summed E-state index contributed by atoms with van der Waals surface area (Å²) in [6.45, 7) is 5.61. The van der Waals surface area contributed by atoms with E-state index in [1.165, 1.54) is 16.7 Å². The van der Waals surface area contributed by atoms with Gasteiger partial charge in [0.2, 0.25) is 5.91 Å². The first-order valence-electron chi connectivity index (χ1n) is 8.05. The molecule has 5 nitrogen and oxygen atoms in total. The van der Waals surface area contributed by atoms with Crippen LogP contribution in [0.15, 0.2) is 33.6 Å². The number of β-amino-alcohol motifs (C(OH)–C–C–N with tert-alkyl or cyclic N) is 1. The van der Waals surface area contributed by atoms with Gasteiger partial charge in [-0.25, -0.2) is 0 Å². The molecule has 26 heavy (non-hydrogen) atoms. The summed E-state index contributed by atoms with van der Waals surface area (Å²) in [5, 5.41) is 9.23. The topological polar surface area (TPSA) is 60.9 Å². The third-order valence-electron chi connectivity index (χ3n) is 3.75. The van der Waals surface area contributed by atoms with Crippen molar-refractivity contribution in [2.24, 2.45) is 0 Å². The molecule has 0 radical (unpaired) electrons. The average Bonchev–Trinajstić information content (AvgIpc) is 2.79. The highest BCUT2D eigenvalue weighted by Crippen LogP contribution is 2.33. The summed E-state index contributed by atoms with van der Waals surface area (Å²) >= 11 is 9.89. The normalized spacial score (nSPS) is 16.5. The van der Waals surface area contributed by atoms with E-state index in [1.807, 2.05) is 45.0 Å². The molecule has 1 N–H and O–H groups in total. The first kappa shape index (κ1) is 21.1. The van der Waals surface area contributed by atoms with Gasteiger partial charge in [-0.3, -0.25) is 14.5 Å². The van der Waals surface area contributed by atoms with Gasteiger partial charge in [0.05, 0.1) is 11.5 Å². The fourth-order valence-electron chi connectivity index (χ4n) is 2.54. The van der Waals surface area contributed by atoms with Crippen LogP contribution in [-0.2, 0) is 9.59 Å². The number of aliphatic hydroxyl groups excluding tert-OH is 1. The summed E-state index contributed by atoms with van der Waals surface area (Å²) in [6, 6.07) is 7.59. The Morgan fingerprint density at radius 3 is 2.69 bits per heavy atom. The van der Waals surface area contributed by atoms with Gasteiger partial charge in [-0.1, -0.05) is 52.0 Å². The molecule has 1 aromatic rings. The zero-order chi connectivity index (χ0) is 19.5. The molecule has 0 atom stereocenters. The maximum Gasteiger partial charge on any atom is 0.266 e. The lowest BCUT2D eigenvalue weighted by Crippen LogP contribution is -2.51. The number of hydrogen-bond donors (Lipinski definition) is 1. The number of aliphatic hydroxyl groups is 1. The second-order valence-corrected chi connectivity index (χ2v) is 9.35. The Balaban J connectivity index is 2.17. The summed E-state index contributed by atoms with van der Waals surface area (Å²) in [4.78, 5) is 28.7. The molecule has 1 aliphatic rings. The lowest BCUT2D eigenvalue weighted by Gasteiger charge is -2.36. The molecule has 1 saturated heterocycles. The summed E-state index contributed by atoms with van der Waals surface area (Å²) in [6.07, 6.45) is 1.77. The molecule has 2 amide bonds. The number of benzene rings is 1. The van der Waals surface area contributed by atoms with Crippen LogP contribution < -0.4 is 0 Å². The van der Waals surface area contributed by atoms with Crippen molar-refractivity contribution in [3.05, 3.63) is 39.2 Å². The zero-order valence-corrected chi connectivity index (χ0v) is 18.1. The van der Waals surface area contributed by atoms with E-state index >= 15 is 0 Å². The van der Waals surface area contributed by atoms with Crippen LogP contribution in [0.3, 0.4) is 0 Å². The van der Waals surface area contributed by atoms with E-state index in [-0.39, 0.29) is 31.5 Å². The molecule has 0 saturated carbocycles. The fourth-order valence-corrected chi connectivity index (χ4v) is 4.21. The SMILES string of the molecule is CC(C)(C)N(CCO)C(=O)CN1C(=O)/C(=C\c2cccc(Br)c2)SC1=S. The van der Waals surface area contributed by atoms with Gasteiger partial charge in [0.25, 0.3) is 5.91 Å². The van der Waals surface area contributed by atoms with E-state index in [2.05, 4.69) is 15.9 Å². The molecule has 2 rings (SSSR count). The van der Waals surface area contributed by atoms with Gasteiger partial charge in [0.15, 0.2) is 0 Å². The molecule has 1 fully saturated rings. The second kappa shape index (κ2) is 8.65. The van der Waals surface area contributed by atoms with Gasteiger partial charge in [-0.15, -0.1) is 0 Å². The van der Waals surface area contributed by atoms with Gasteiger partial charge in [0.1, 0.15) is 10.9 Å². The predicted octanol–water partition coefficient (Wildman–Crippen LogP) is 3.27. The minimum atomic E-state index is -0.452. The lowest BCUT2D eigenvalue weighted by atomic mass is 10.1. The van der Waals surface area contributed by atoms with Gasteiger partial charge in [-0.2, -0.15) is 0 Å². The van der Waals surface area contributed by atoms with Crippen molar-refractivity contribution < 1.29 is 14.7 Å². The fraction of sp³-hybridized carbons (Fsp3) is 0.389. The first-order chi connectivity index (χ1) is 12.1. The van der Waals surface area contributed by atoms with Crippen LogP contribution in [0.5, 0.6) is 0 Å². The molecule has 0 aromatic heterocycles. The third-order valence-corrected chi connectivity index (χ3v) is 5.62. The Morgan fingerprint density at radius 1 is 1.42 bits per heavy atom. The molecule has 8 heteroatoms. The molecular formula is C18H21BrN2O3S2. The number of amides is 2. The first-order valence-corrected chi connectivity index (χ1v) is 10.1. The zero-order valence-electron chi connectivity index (χ0n) is 14.9. The highest BCUT2D eigenvalue weighted by Gasteiger charge is 2.36. The van der Waals surface area contributed by atoms with E-state index in [0.29, 0.717) is 9.23 Å². The Morgan fingerprint density at radius 2 is 2.12 bits per heavy atom. The molecule has 1 heterocycles. The Kier molecular flexibility index (Phi) is 7.01. The number of carbonyl (C=O) groups is 2. The number of hydrogen-bond acceptors (Lipinski definition) is 5. The monoisotopic (exact) mass is 456 g/mol. The lowest BCUT2D eigenvalue weighted by molar-refractivity contribution is -0.139. The summed E-state index contributed by atoms with van der Waals surface area (Å²) < 4.78 is 1.28. The Hall–Kier alpha value is -1.22. The standard InChI is InChI=1S/C18H21BrN2O3S2/c1-18(2,3)21(7-8-22)15(23)11-20-16(24)14(26-17(20)25)10-12-5-4-6-13(19)9-12/h4-6,9-10,22H,7-8,11H2,1-3H3/b14-10+. The van der Waals surface area contributed by atoms with Gasteiger partial charge < -0.3 is 10.0 Å². The molecule has 0 unspecified atom stereocenters.